The maximum atomic E-state index is 11.6. The van der Waals surface area contributed by atoms with Gasteiger partial charge in [0.05, 0.1) is 0 Å². The molecule has 0 aliphatic rings. The van der Waals surface area contributed by atoms with Crippen molar-refractivity contribution in [2.24, 2.45) is 0 Å². The van der Waals surface area contributed by atoms with Crippen LogP contribution in [0.15, 0.2) is 28.7 Å². The number of ether oxygens (including phenoxy) is 1. The van der Waals surface area contributed by atoms with E-state index >= 15 is 0 Å². The Morgan fingerprint density at radius 1 is 1.35 bits per heavy atom. The fourth-order valence-electron chi connectivity index (χ4n) is 1.40. The SMILES string of the molecule is CC(C)(C)OC(=O)Nc1nnc(-c2cccc(Br)c2)s1. The molecule has 0 aliphatic heterocycles. The molecule has 0 atom stereocenters. The zero-order chi connectivity index (χ0) is 14.8. The Morgan fingerprint density at radius 2 is 2.10 bits per heavy atom. The number of nitrogens with one attached hydrogen (secondary N) is 1. The largest absolute Gasteiger partial charge is 0.444 e. The van der Waals surface area contributed by atoms with E-state index < -0.39 is 11.7 Å². The second-order valence-corrected chi connectivity index (χ2v) is 6.94. The highest BCUT2D eigenvalue weighted by molar-refractivity contribution is 9.10. The minimum Gasteiger partial charge on any atom is -0.444 e. The molecule has 1 amide bonds. The van der Waals surface area contributed by atoms with Crippen molar-refractivity contribution in [2.45, 2.75) is 26.4 Å². The topological polar surface area (TPSA) is 64.1 Å². The number of benzene rings is 1. The van der Waals surface area contributed by atoms with E-state index in [4.69, 9.17) is 4.74 Å². The normalized spacial score (nSPS) is 11.2. The Bertz CT molecular complexity index is 622. The molecule has 0 spiro atoms. The predicted octanol–water partition coefficient (Wildman–Crippen LogP) is 4.31. The Labute approximate surface area is 129 Å². The third kappa shape index (κ3) is 4.28. The molecule has 0 bridgehead atoms. The number of carbonyl (C=O) groups excluding carboxylic acids is 1. The second kappa shape index (κ2) is 5.88. The second-order valence-electron chi connectivity index (χ2n) is 5.05. The predicted molar refractivity (Wildman–Crippen MR) is 82.9 cm³/mol. The standard InChI is InChI=1S/C13H14BrN3O2S/c1-13(2,3)19-12(18)15-11-17-16-10(20-11)8-5-4-6-9(14)7-8/h4-7H,1-3H3,(H,15,17,18). The van der Waals surface area contributed by atoms with E-state index in [0.717, 1.165) is 15.0 Å². The Balaban J connectivity index is 2.08. The molecule has 2 aromatic rings. The van der Waals surface area contributed by atoms with Gasteiger partial charge in [-0.25, -0.2) is 4.79 Å². The first-order valence-electron chi connectivity index (χ1n) is 5.93. The molecule has 0 fully saturated rings. The summed E-state index contributed by atoms with van der Waals surface area (Å²) in [7, 11) is 0. The van der Waals surface area contributed by atoms with Crippen LogP contribution in [0.25, 0.3) is 10.6 Å². The summed E-state index contributed by atoms with van der Waals surface area (Å²) in [5.74, 6) is 0. The first kappa shape index (κ1) is 14.9. The lowest BCUT2D eigenvalue weighted by Gasteiger charge is -2.18. The molecule has 0 aliphatic carbocycles. The van der Waals surface area contributed by atoms with E-state index in [1.54, 1.807) is 20.8 Å². The molecule has 106 valence electrons. The van der Waals surface area contributed by atoms with Gasteiger partial charge in [0.2, 0.25) is 5.13 Å². The van der Waals surface area contributed by atoms with Gasteiger partial charge in [-0.1, -0.05) is 39.4 Å². The van der Waals surface area contributed by atoms with Gasteiger partial charge in [0.25, 0.3) is 0 Å². The molecular weight excluding hydrogens is 342 g/mol. The van der Waals surface area contributed by atoms with Crippen molar-refractivity contribution in [2.75, 3.05) is 5.32 Å². The summed E-state index contributed by atoms with van der Waals surface area (Å²) >= 11 is 4.70. The maximum Gasteiger partial charge on any atom is 0.414 e. The van der Waals surface area contributed by atoms with Crippen molar-refractivity contribution in [1.82, 2.24) is 10.2 Å². The van der Waals surface area contributed by atoms with Crippen molar-refractivity contribution < 1.29 is 9.53 Å². The van der Waals surface area contributed by atoms with Crippen LogP contribution < -0.4 is 5.32 Å². The first-order valence-corrected chi connectivity index (χ1v) is 7.54. The number of hydrogen-bond donors (Lipinski definition) is 1. The fourth-order valence-corrected chi connectivity index (χ4v) is 2.53. The molecule has 1 N–H and O–H groups in total. The molecule has 7 heteroatoms. The lowest BCUT2D eigenvalue weighted by Crippen LogP contribution is -2.27. The number of amides is 1. The molecule has 0 unspecified atom stereocenters. The number of rotatable bonds is 2. The molecule has 0 saturated carbocycles. The minimum atomic E-state index is -0.540. The number of halogens is 1. The van der Waals surface area contributed by atoms with Crippen LogP contribution in [0.2, 0.25) is 0 Å². The lowest BCUT2D eigenvalue weighted by atomic mass is 10.2. The van der Waals surface area contributed by atoms with E-state index in [2.05, 4.69) is 31.4 Å². The quantitative estimate of drug-likeness (QED) is 0.871. The van der Waals surface area contributed by atoms with Gasteiger partial charge < -0.3 is 4.74 Å². The van der Waals surface area contributed by atoms with Crippen molar-refractivity contribution in [1.29, 1.82) is 0 Å². The summed E-state index contributed by atoms with van der Waals surface area (Å²) in [6.07, 6.45) is -0.533. The Morgan fingerprint density at radius 3 is 2.75 bits per heavy atom. The minimum absolute atomic E-state index is 0.411. The van der Waals surface area contributed by atoms with Crippen LogP contribution in [0.3, 0.4) is 0 Å². The van der Waals surface area contributed by atoms with Crippen LogP contribution in [0.1, 0.15) is 20.8 Å². The van der Waals surface area contributed by atoms with Crippen LogP contribution in [0.5, 0.6) is 0 Å². The van der Waals surface area contributed by atoms with Gasteiger partial charge in [-0.2, -0.15) is 0 Å². The highest BCUT2D eigenvalue weighted by Gasteiger charge is 2.17. The zero-order valence-electron chi connectivity index (χ0n) is 11.3. The van der Waals surface area contributed by atoms with E-state index in [9.17, 15) is 4.79 Å². The van der Waals surface area contributed by atoms with Gasteiger partial charge in [-0.3, -0.25) is 5.32 Å². The van der Waals surface area contributed by atoms with Crippen LogP contribution in [-0.4, -0.2) is 21.9 Å². The Hall–Kier alpha value is -1.47. The van der Waals surface area contributed by atoms with Crippen molar-refractivity contribution in [3.8, 4) is 10.6 Å². The fraction of sp³-hybridized carbons (Fsp3) is 0.308. The van der Waals surface area contributed by atoms with Crippen LogP contribution in [0.4, 0.5) is 9.93 Å². The van der Waals surface area contributed by atoms with Crippen LogP contribution >= 0.6 is 27.3 Å². The van der Waals surface area contributed by atoms with Gasteiger partial charge in [-0.15, -0.1) is 10.2 Å². The molecule has 5 nitrogen and oxygen atoms in total. The molecule has 1 aromatic heterocycles. The van der Waals surface area contributed by atoms with E-state index in [0.29, 0.717) is 5.13 Å². The van der Waals surface area contributed by atoms with Gasteiger partial charge in [0, 0.05) is 10.0 Å². The molecule has 0 radical (unpaired) electrons. The summed E-state index contributed by atoms with van der Waals surface area (Å²) in [4.78, 5) is 11.6. The van der Waals surface area contributed by atoms with E-state index in [-0.39, 0.29) is 0 Å². The lowest BCUT2D eigenvalue weighted by molar-refractivity contribution is 0.0636. The summed E-state index contributed by atoms with van der Waals surface area (Å²) < 4.78 is 6.12. The van der Waals surface area contributed by atoms with Gasteiger partial charge in [0.1, 0.15) is 10.6 Å². The third-order valence-corrected chi connectivity index (χ3v) is 3.49. The van der Waals surface area contributed by atoms with Crippen LogP contribution in [0, 0.1) is 0 Å². The van der Waals surface area contributed by atoms with E-state index in [1.807, 2.05) is 24.3 Å². The first-order chi connectivity index (χ1) is 9.33. The summed E-state index contributed by atoms with van der Waals surface area (Å²) in [5.41, 5.74) is 0.399. The third-order valence-electron chi connectivity index (χ3n) is 2.10. The summed E-state index contributed by atoms with van der Waals surface area (Å²) in [6.45, 7) is 5.42. The van der Waals surface area contributed by atoms with Gasteiger partial charge >= 0.3 is 6.09 Å². The number of carbonyl (C=O) groups is 1. The summed E-state index contributed by atoms with van der Waals surface area (Å²) in [5, 5.41) is 11.7. The smallest absolute Gasteiger partial charge is 0.414 e. The highest BCUT2D eigenvalue weighted by Crippen LogP contribution is 2.28. The molecule has 1 aromatic carbocycles. The van der Waals surface area contributed by atoms with Crippen molar-refractivity contribution >= 4 is 38.5 Å². The zero-order valence-corrected chi connectivity index (χ0v) is 13.7. The average molecular weight is 356 g/mol. The van der Waals surface area contributed by atoms with Crippen molar-refractivity contribution in [3.63, 3.8) is 0 Å². The van der Waals surface area contributed by atoms with E-state index in [1.165, 1.54) is 11.3 Å². The van der Waals surface area contributed by atoms with Crippen molar-refractivity contribution in [3.05, 3.63) is 28.7 Å². The molecule has 1 heterocycles. The molecule has 0 saturated heterocycles. The average Bonchev–Trinajstić information content (AvgIpc) is 2.74. The number of aromatic nitrogens is 2. The number of nitrogens with zero attached hydrogens (tertiary/aromatic N) is 2. The molecule has 20 heavy (non-hydrogen) atoms. The maximum absolute atomic E-state index is 11.6. The Kier molecular flexibility index (Phi) is 4.39. The molecular formula is C13H14BrN3O2S. The van der Waals surface area contributed by atoms with Crippen LogP contribution in [-0.2, 0) is 4.74 Å². The monoisotopic (exact) mass is 355 g/mol. The van der Waals surface area contributed by atoms with Gasteiger partial charge in [-0.05, 0) is 32.9 Å². The molecule has 2 rings (SSSR count). The summed E-state index contributed by atoms with van der Waals surface area (Å²) in [6, 6.07) is 7.73. The van der Waals surface area contributed by atoms with Gasteiger partial charge in [0.15, 0.2) is 0 Å². The highest BCUT2D eigenvalue weighted by atomic mass is 79.9. The number of hydrogen-bond acceptors (Lipinski definition) is 5. The number of anilines is 1.